The molecule has 2 heterocycles. The molecule has 0 radical (unpaired) electrons. The van der Waals surface area contributed by atoms with Crippen LogP contribution in [0.4, 0.5) is 0 Å². The lowest BCUT2D eigenvalue weighted by molar-refractivity contribution is 0.0625. The van der Waals surface area contributed by atoms with Gasteiger partial charge in [0.2, 0.25) is 0 Å². The zero-order valence-electron chi connectivity index (χ0n) is 18.4. The third-order valence-electron chi connectivity index (χ3n) is 6.14. The van der Waals surface area contributed by atoms with E-state index in [4.69, 9.17) is 10.2 Å². The van der Waals surface area contributed by atoms with Crippen molar-refractivity contribution >= 4 is 35.6 Å². The van der Waals surface area contributed by atoms with Crippen molar-refractivity contribution in [2.75, 3.05) is 0 Å². The van der Waals surface area contributed by atoms with E-state index in [0.29, 0.717) is 11.1 Å². The Kier molecular flexibility index (Phi) is 5.21. The third kappa shape index (κ3) is 3.61. The summed E-state index contributed by atoms with van der Waals surface area (Å²) in [5, 5.41) is 18.3. The van der Waals surface area contributed by atoms with Crippen molar-refractivity contribution in [1.29, 1.82) is 0 Å². The number of aromatic carboxylic acids is 2. The van der Waals surface area contributed by atoms with Gasteiger partial charge in [0.05, 0.1) is 46.5 Å². The number of carboxylic acids is 2. The Bertz CT molecular complexity index is 1410. The first-order valence-electron chi connectivity index (χ1n) is 10.7. The molecule has 36 heavy (non-hydrogen) atoms. The van der Waals surface area contributed by atoms with Crippen molar-refractivity contribution < 1.29 is 39.0 Å². The van der Waals surface area contributed by atoms with Crippen molar-refractivity contribution in [3.05, 3.63) is 105 Å². The van der Waals surface area contributed by atoms with Crippen LogP contribution in [0, 0.1) is 0 Å². The van der Waals surface area contributed by atoms with E-state index in [1.54, 1.807) is 24.3 Å². The van der Waals surface area contributed by atoms with Gasteiger partial charge >= 0.3 is 11.9 Å². The molecule has 0 aromatic heterocycles. The molecule has 2 aliphatic heterocycles. The maximum absolute atomic E-state index is 12.7. The zero-order valence-corrected chi connectivity index (χ0v) is 18.4. The molecule has 3 aromatic carbocycles. The van der Waals surface area contributed by atoms with E-state index >= 15 is 0 Å². The number of hydrogen-bond acceptors (Lipinski definition) is 6. The summed E-state index contributed by atoms with van der Waals surface area (Å²) in [6, 6.07) is 14.2. The molecule has 0 atom stereocenters. The molecule has 3 aromatic rings. The van der Waals surface area contributed by atoms with Crippen LogP contribution in [0.25, 0.3) is 0 Å². The van der Waals surface area contributed by atoms with Crippen LogP contribution in [0.3, 0.4) is 0 Å². The summed E-state index contributed by atoms with van der Waals surface area (Å²) in [6.45, 7) is -0.0833. The van der Waals surface area contributed by atoms with Gasteiger partial charge in [-0.1, -0.05) is 24.3 Å². The summed E-state index contributed by atoms with van der Waals surface area (Å²) in [5.74, 6) is -4.63. The Balaban J connectivity index is 1.30. The van der Waals surface area contributed by atoms with Gasteiger partial charge in [-0.2, -0.15) is 0 Å². The van der Waals surface area contributed by atoms with Gasteiger partial charge in [-0.25, -0.2) is 9.59 Å². The smallest absolute Gasteiger partial charge is 0.335 e. The number of carboxylic acid groups (broad SMARTS) is 2. The lowest BCUT2D eigenvalue weighted by atomic mass is 10.1. The number of fused-ring (bicyclic) bond motifs is 2. The molecule has 2 N–H and O–H groups in total. The molecule has 0 unspecified atom stereocenters. The van der Waals surface area contributed by atoms with Crippen molar-refractivity contribution in [2.45, 2.75) is 13.1 Å². The molecule has 2 aliphatic rings. The molecule has 4 amide bonds. The predicted molar refractivity (Wildman–Crippen MR) is 122 cm³/mol. The number of rotatable bonds is 6. The van der Waals surface area contributed by atoms with Gasteiger partial charge in [0.15, 0.2) is 0 Å². The molecule has 5 rings (SSSR count). The van der Waals surface area contributed by atoms with E-state index in [1.807, 2.05) is 0 Å². The molecular formula is C26H16N2O8. The number of amides is 4. The van der Waals surface area contributed by atoms with Gasteiger partial charge in [-0.3, -0.25) is 29.0 Å². The largest absolute Gasteiger partial charge is 0.478 e. The fourth-order valence-electron chi connectivity index (χ4n) is 4.25. The van der Waals surface area contributed by atoms with Gasteiger partial charge in [0.1, 0.15) is 0 Å². The molecule has 10 nitrogen and oxygen atoms in total. The first-order chi connectivity index (χ1) is 17.2. The third-order valence-corrected chi connectivity index (χ3v) is 6.14. The van der Waals surface area contributed by atoms with Gasteiger partial charge in [0, 0.05) is 0 Å². The van der Waals surface area contributed by atoms with Crippen LogP contribution in [-0.2, 0) is 13.1 Å². The van der Waals surface area contributed by atoms with Gasteiger partial charge in [-0.15, -0.1) is 0 Å². The highest BCUT2D eigenvalue weighted by atomic mass is 16.4. The molecule has 0 saturated carbocycles. The molecule has 178 valence electrons. The highest BCUT2D eigenvalue weighted by molar-refractivity contribution is 6.22. The Morgan fingerprint density at radius 2 is 0.861 bits per heavy atom. The number of nitrogens with zero attached hydrogens (tertiary/aromatic N) is 2. The lowest BCUT2D eigenvalue weighted by Crippen LogP contribution is -2.29. The van der Waals surface area contributed by atoms with Crippen LogP contribution in [0.1, 0.15) is 73.3 Å². The second-order valence-electron chi connectivity index (χ2n) is 8.34. The molecule has 0 saturated heterocycles. The summed E-state index contributed by atoms with van der Waals surface area (Å²) in [5.41, 5.74) is 1.39. The Hall–Kier alpha value is -5.12. The summed E-state index contributed by atoms with van der Waals surface area (Å²) < 4.78 is 0. The average molecular weight is 484 g/mol. The van der Waals surface area contributed by atoms with E-state index in [2.05, 4.69) is 0 Å². The summed E-state index contributed by atoms with van der Waals surface area (Å²) in [4.78, 5) is 75.2. The van der Waals surface area contributed by atoms with Crippen LogP contribution in [0.5, 0.6) is 0 Å². The van der Waals surface area contributed by atoms with Gasteiger partial charge < -0.3 is 10.2 Å². The summed E-state index contributed by atoms with van der Waals surface area (Å²) in [7, 11) is 0. The SMILES string of the molecule is O=C(O)c1ccc2c(c1)C(=O)N(Cc1ccc(CN3C(=O)c4ccc(C(=O)O)cc4C3=O)cc1)C2=O. The monoisotopic (exact) mass is 484 g/mol. The number of carbonyl (C=O) groups is 6. The molecule has 0 aliphatic carbocycles. The summed E-state index contributed by atoms with van der Waals surface area (Å²) >= 11 is 0. The molecular weight excluding hydrogens is 468 g/mol. The first-order valence-corrected chi connectivity index (χ1v) is 10.7. The Morgan fingerprint density at radius 3 is 1.19 bits per heavy atom. The minimum absolute atomic E-state index is 0.0354. The highest BCUT2D eigenvalue weighted by Crippen LogP contribution is 2.28. The minimum atomic E-state index is -1.20. The van der Waals surface area contributed by atoms with Gasteiger partial charge in [0.25, 0.3) is 23.6 Å². The number of carbonyl (C=O) groups excluding carboxylic acids is 4. The van der Waals surface area contributed by atoms with Crippen LogP contribution in [0.2, 0.25) is 0 Å². The van der Waals surface area contributed by atoms with Crippen LogP contribution in [0.15, 0.2) is 60.7 Å². The Labute approximate surface area is 203 Å². The second-order valence-corrected chi connectivity index (χ2v) is 8.34. The molecule has 10 heteroatoms. The predicted octanol–water partition coefficient (Wildman–Crippen LogP) is 2.68. The first kappa shape index (κ1) is 22.7. The van der Waals surface area contributed by atoms with E-state index < -0.39 is 35.6 Å². The Morgan fingerprint density at radius 1 is 0.528 bits per heavy atom. The van der Waals surface area contributed by atoms with Crippen molar-refractivity contribution in [3.8, 4) is 0 Å². The second kappa shape index (κ2) is 8.27. The van der Waals surface area contributed by atoms with E-state index in [9.17, 15) is 28.8 Å². The number of imide groups is 2. The zero-order chi connectivity index (χ0) is 25.7. The normalized spacial score (nSPS) is 14.3. The number of hydrogen-bond donors (Lipinski definition) is 2. The van der Waals surface area contributed by atoms with Crippen LogP contribution in [-0.4, -0.2) is 55.6 Å². The average Bonchev–Trinajstić information content (AvgIpc) is 3.24. The quantitative estimate of drug-likeness (QED) is 0.507. The molecule has 0 bridgehead atoms. The lowest BCUT2D eigenvalue weighted by Gasteiger charge is -2.16. The maximum atomic E-state index is 12.7. The minimum Gasteiger partial charge on any atom is -0.478 e. The van der Waals surface area contributed by atoms with E-state index in [-0.39, 0.29) is 46.5 Å². The van der Waals surface area contributed by atoms with Gasteiger partial charge in [-0.05, 0) is 47.5 Å². The van der Waals surface area contributed by atoms with Crippen LogP contribution < -0.4 is 0 Å². The van der Waals surface area contributed by atoms with Crippen molar-refractivity contribution in [1.82, 2.24) is 9.80 Å². The maximum Gasteiger partial charge on any atom is 0.335 e. The molecule has 0 fully saturated rings. The standard InChI is InChI=1S/C26H16N2O8/c29-21-17-7-5-15(25(33)34)9-19(17)23(31)27(21)11-13-1-2-14(4-3-13)12-28-22(30)18-8-6-16(26(35)36)10-20(18)24(28)32/h1-10H,11-12H2,(H,33,34)(H,35,36). The van der Waals surface area contributed by atoms with Crippen molar-refractivity contribution in [3.63, 3.8) is 0 Å². The fraction of sp³-hybridized carbons (Fsp3) is 0.0769. The summed E-state index contributed by atoms with van der Waals surface area (Å²) in [6.07, 6.45) is 0. The topological polar surface area (TPSA) is 149 Å². The van der Waals surface area contributed by atoms with E-state index in [1.165, 1.54) is 36.4 Å². The highest BCUT2D eigenvalue weighted by Gasteiger charge is 2.37. The van der Waals surface area contributed by atoms with Crippen molar-refractivity contribution in [2.24, 2.45) is 0 Å². The van der Waals surface area contributed by atoms with Crippen LogP contribution >= 0.6 is 0 Å². The molecule has 0 spiro atoms. The number of benzene rings is 3. The van der Waals surface area contributed by atoms with E-state index in [0.717, 1.165) is 9.80 Å². The fourth-order valence-corrected chi connectivity index (χ4v) is 4.25.